The first kappa shape index (κ1) is 12.6. The van der Waals surface area contributed by atoms with E-state index in [0.29, 0.717) is 9.90 Å². The van der Waals surface area contributed by atoms with Gasteiger partial charge in [-0.1, -0.05) is 17.7 Å². The third kappa shape index (κ3) is 2.68. The Labute approximate surface area is 109 Å². The number of thiophene rings is 1. The molecular formula is C13H13ClFNS. The fraction of sp³-hybridized carbons (Fsp3) is 0.231. The molecule has 1 heterocycles. The van der Waals surface area contributed by atoms with Gasteiger partial charge in [-0.3, -0.25) is 0 Å². The quantitative estimate of drug-likeness (QED) is 0.866. The van der Waals surface area contributed by atoms with Crippen molar-refractivity contribution in [1.82, 2.24) is 5.32 Å². The summed E-state index contributed by atoms with van der Waals surface area (Å²) >= 11 is 7.26. The Morgan fingerprint density at radius 2 is 2.06 bits per heavy atom. The molecule has 1 N–H and O–H groups in total. The number of halogens is 2. The van der Waals surface area contributed by atoms with Crippen LogP contribution in [-0.4, -0.2) is 7.05 Å². The van der Waals surface area contributed by atoms with Crippen LogP contribution in [0, 0.1) is 5.82 Å². The van der Waals surface area contributed by atoms with Gasteiger partial charge >= 0.3 is 0 Å². The molecule has 2 rings (SSSR count). The fourth-order valence-electron chi connectivity index (χ4n) is 1.63. The molecule has 1 atom stereocenters. The molecule has 0 amide bonds. The third-order valence-electron chi connectivity index (χ3n) is 2.76. The molecule has 0 aliphatic rings. The molecule has 0 fully saturated rings. The number of hydrogen-bond acceptors (Lipinski definition) is 2. The normalized spacial score (nSPS) is 12.7. The summed E-state index contributed by atoms with van der Waals surface area (Å²) in [5, 5.41) is 3.14. The Balaban J connectivity index is 2.46. The first-order chi connectivity index (χ1) is 8.11. The summed E-state index contributed by atoms with van der Waals surface area (Å²) in [7, 11) is 1.88. The molecule has 0 spiro atoms. The van der Waals surface area contributed by atoms with Crippen LogP contribution in [0.3, 0.4) is 0 Å². The largest absolute Gasteiger partial charge is 0.313 e. The molecule has 0 aliphatic heterocycles. The highest BCUT2D eigenvalue weighted by molar-refractivity contribution is 7.19. The van der Waals surface area contributed by atoms with Crippen LogP contribution in [0.4, 0.5) is 4.39 Å². The molecule has 0 bridgehead atoms. The highest BCUT2D eigenvalue weighted by Gasteiger charge is 2.11. The Bertz CT molecular complexity index is 524. The zero-order chi connectivity index (χ0) is 12.4. The minimum atomic E-state index is -0.212. The summed E-state index contributed by atoms with van der Waals surface area (Å²) in [5.41, 5.74) is 1.68. The van der Waals surface area contributed by atoms with Gasteiger partial charge in [0.2, 0.25) is 0 Å². The molecule has 0 radical (unpaired) electrons. The van der Waals surface area contributed by atoms with E-state index in [1.807, 2.05) is 26.1 Å². The molecule has 90 valence electrons. The van der Waals surface area contributed by atoms with Crippen LogP contribution in [0.1, 0.15) is 18.5 Å². The van der Waals surface area contributed by atoms with Crippen LogP contribution in [0.2, 0.25) is 4.34 Å². The highest BCUT2D eigenvalue weighted by Crippen LogP contribution is 2.33. The maximum atomic E-state index is 13.8. The maximum Gasteiger partial charge on any atom is 0.131 e. The molecule has 0 saturated heterocycles. The molecule has 4 heteroatoms. The van der Waals surface area contributed by atoms with Crippen LogP contribution in [0.5, 0.6) is 0 Å². The number of rotatable bonds is 3. The molecule has 17 heavy (non-hydrogen) atoms. The van der Waals surface area contributed by atoms with Crippen molar-refractivity contribution in [2.45, 2.75) is 13.0 Å². The predicted molar refractivity (Wildman–Crippen MR) is 72.2 cm³/mol. The van der Waals surface area contributed by atoms with E-state index in [2.05, 4.69) is 5.32 Å². The minimum Gasteiger partial charge on any atom is -0.313 e. The smallest absolute Gasteiger partial charge is 0.131 e. The molecule has 1 aromatic carbocycles. The SMILES string of the molecule is CNC(C)c1ccc(F)c(-c2ccc(Cl)s2)c1. The van der Waals surface area contributed by atoms with Crippen LogP contribution >= 0.6 is 22.9 Å². The van der Waals surface area contributed by atoms with Gasteiger partial charge in [-0.25, -0.2) is 4.39 Å². The summed E-state index contributed by atoms with van der Waals surface area (Å²) in [4.78, 5) is 0.859. The van der Waals surface area contributed by atoms with E-state index in [9.17, 15) is 4.39 Å². The van der Waals surface area contributed by atoms with Crippen molar-refractivity contribution in [2.75, 3.05) is 7.05 Å². The van der Waals surface area contributed by atoms with Gasteiger partial charge in [0.1, 0.15) is 5.82 Å². The Morgan fingerprint density at radius 3 is 2.65 bits per heavy atom. The summed E-state index contributed by atoms with van der Waals surface area (Å²) in [6.07, 6.45) is 0. The van der Waals surface area contributed by atoms with Crippen LogP contribution in [0.25, 0.3) is 10.4 Å². The molecule has 1 aromatic heterocycles. The standard InChI is InChI=1S/C13H13ClFNS/c1-8(16-2)9-3-4-11(15)10(7-9)12-5-6-13(14)17-12/h3-8,16H,1-2H3. The van der Waals surface area contributed by atoms with Crippen LogP contribution in [0.15, 0.2) is 30.3 Å². The van der Waals surface area contributed by atoms with E-state index in [1.54, 1.807) is 12.1 Å². The topological polar surface area (TPSA) is 12.0 Å². The summed E-state index contributed by atoms with van der Waals surface area (Å²) in [5.74, 6) is -0.212. The van der Waals surface area contributed by atoms with Crippen molar-refractivity contribution in [3.63, 3.8) is 0 Å². The average Bonchev–Trinajstić information content (AvgIpc) is 2.75. The van der Waals surface area contributed by atoms with Gasteiger partial charge in [0, 0.05) is 16.5 Å². The van der Waals surface area contributed by atoms with E-state index in [4.69, 9.17) is 11.6 Å². The zero-order valence-corrected chi connectivity index (χ0v) is 11.2. The Hall–Kier alpha value is -0.900. The molecule has 0 aliphatic carbocycles. The van der Waals surface area contributed by atoms with Gasteiger partial charge in [-0.15, -0.1) is 11.3 Å². The molecule has 1 unspecified atom stereocenters. The second kappa shape index (κ2) is 5.17. The summed E-state index contributed by atoms with van der Waals surface area (Å²) < 4.78 is 14.4. The fourth-order valence-corrected chi connectivity index (χ4v) is 2.69. The zero-order valence-electron chi connectivity index (χ0n) is 9.63. The minimum absolute atomic E-state index is 0.199. The monoisotopic (exact) mass is 269 g/mol. The van der Waals surface area contributed by atoms with E-state index in [0.717, 1.165) is 10.4 Å². The van der Waals surface area contributed by atoms with Crippen molar-refractivity contribution < 1.29 is 4.39 Å². The molecule has 1 nitrogen and oxygen atoms in total. The van der Waals surface area contributed by atoms with Crippen molar-refractivity contribution >= 4 is 22.9 Å². The van der Waals surface area contributed by atoms with E-state index < -0.39 is 0 Å². The number of benzene rings is 1. The second-order valence-corrected chi connectivity index (χ2v) is 5.57. The van der Waals surface area contributed by atoms with Gasteiger partial charge in [0.25, 0.3) is 0 Å². The second-order valence-electron chi connectivity index (χ2n) is 3.85. The van der Waals surface area contributed by atoms with Crippen molar-refractivity contribution in [1.29, 1.82) is 0 Å². The van der Waals surface area contributed by atoms with Crippen molar-refractivity contribution in [3.05, 3.63) is 46.0 Å². The average molecular weight is 270 g/mol. The lowest BCUT2D eigenvalue weighted by Gasteiger charge is -2.12. The summed E-state index contributed by atoms with van der Waals surface area (Å²) in [6.45, 7) is 2.04. The van der Waals surface area contributed by atoms with Gasteiger partial charge in [0.15, 0.2) is 0 Å². The van der Waals surface area contributed by atoms with Gasteiger partial charge in [0.05, 0.1) is 4.34 Å². The van der Waals surface area contributed by atoms with Crippen molar-refractivity contribution in [2.24, 2.45) is 0 Å². The lowest BCUT2D eigenvalue weighted by atomic mass is 10.0. The maximum absolute atomic E-state index is 13.8. The highest BCUT2D eigenvalue weighted by atomic mass is 35.5. The molecule has 0 saturated carbocycles. The van der Waals surface area contributed by atoms with E-state index >= 15 is 0 Å². The van der Waals surface area contributed by atoms with E-state index in [1.165, 1.54) is 17.4 Å². The van der Waals surface area contributed by atoms with Crippen LogP contribution < -0.4 is 5.32 Å². The van der Waals surface area contributed by atoms with Crippen molar-refractivity contribution in [3.8, 4) is 10.4 Å². The van der Waals surface area contributed by atoms with E-state index in [-0.39, 0.29) is 11.9 Å². The lowest BCUT2D eigenvalue weighted by molar-refractivity contribution is 0.622. The number of nitrogens with one attached hydrogen (secondary N) is 1. The van der Waals surface area contributed by atoms with Gasteiger partial charge < -0.3 is 5.32 Å². The van der Waals surface area contributed by atoms with Gasteiger partial charge in [-0.05, 0) is 43.8 Å². The predicted octanol–water partition coefficient (Wildman–Crippen LogP) is 4.49. The number of hydrogen-bond donors (Lipinski definition) is 1. The van der Waals surface area contributed by atoms with Gasteiger partial charge in [-0.2, -0.15) is 0 Å². The first-order valence-electron chi connectivity index (χ1n) is 5.34. The Morgan fingerprint density at radius 1 is 1.29 bits per heavy atom. The lowest BCUT2D eigenvalue weighted by Crippen LogP contribution is -2.12. The molecular weight excluding hydrogens is 257 g/mol. The van der Waals surface area contributed by atoms with Crippen LogP contribution in [-0.2, 0) is 0 Å². The Kier molecular flexibility index (Phi) is 3.82. The summed E-state index contributed by atoms with van der Waals surface area (Å²) in [6, 6.07) is 9.01. The molecule has 2 aromatic rings. The first-order valence-corrected chi connectivity index (χ1v) is 6.53. The third-order valence-corrected chi connectivity index (χ3v) is 4.03.